The first-order valence-corrected chi connectivity index (χ1v) is 12.9. The fraction of sp³-hybridized carbons (Fsp3) is 0.741. The third-order valence-corrected chi connectivity index (χ3v) is 6.87. The Bertz CT molecular complexity index is 623. The molecule has 2 N–H and O–H groups in total. The van der Waals surface area contributed by atoms with Crippen LogP contribution in [-0.4, -0.2) is 46.0 Å². The molecule has 1 saturated heterocycles. The minimum atomic E-state index is -0.720. The molecule has 1 aliphatic rings. The van der Waals surface area contributed by atoms with Crippen LogP contribution in [0.25, 0.3) is 0 Å². The summed E-state index contributed by atoms with van der Waals surface area (Å²) in [6, 6.07) is 9.21. The standard InChI is InChI=1S/C27H45NO4/c1-3-4-5-6-7-8-9-10-11-12-16-19-25(29)24-20-28(22(2)26(24)30)27(31)32-21-23-17-14-13-15-18-23/h13-15,17-18,22,24-26,29-30H,3-12,16,19-21H2,1-2H3/t22-,24+,25+,26-/m0/s1. The molecule has 1 amide bonds. The molecule has 0 aliphatic carbocycles. The topological polar surface area (TPSA) is 70.0 Å². The van der Waals surface area contributed by atoms with Crippen LogP contribution in [0.2, 0.25) is 0 Å². The number of aliphatic hydroxyl groups is 2. The Hall–Kier alpha value is -1.59. The van der Waals surface area contributed by atoms with Crippen molar-refractivity contribution in [3.63, 3.8) is 0 Å². The van der Waals surface area contributed by atoms with E-state index in [0.717, 1.165) is 18.4 Å². The lowest BCUT2D eigenvalue weighted by atomic mass is 9.92. The molecule has 32 heavy (non-hydrogen) atoms. The maximum Gasteiger partial charge on any atom is 0.410 e. The highest BCUT2D eigenvalue weighted by Gasteiger charge is 2.44. The van der Waals surface area contributed by atoms with Gasteiger partial charge in [0.25, 0.3) is 0 Å². The van der Waals surface area contributed by atoms with E-state index >= 15 is 0 Å². The van der Waals surface area contributed by atoms with E-state index in [4.69, 9.17) is 4.74 Å². The summed E-state index contributed by atoms with van der Waals surface area (Å²) < 4.78 is 5.43. The molecular weight excluding hydrogens is 402 g/mol. The van der Waals surface area contributed by atoms with Gasteiger partial charge in [0.2, 0.25) is 0 Å². The molecule has 0 bridgehead atoms. The van der Waals surface area contributed by atoms with Crippen LogP contribution in [-0.2, 0) is 11.3 Å². The number of ether oxygens (including phenoxy) is 1. The highest BCUT2D eigenvalue weighted by atomic mass is 16.6. The van der Waals surface area contributed by atoms with Crippen LogP contribution in [0.3, 0.4) is 0 Å². The number of hydrogen-bond donors (Lipinski definition) is 2. The predicted octanol–water partition coefficient (Wildman–Crippen LogP) is 6.07. The summed E-state index contributed by atoms with van der Waals surface area (Å²) in [5.41, 5.74) is 0.932. The fourth-order valence-corrected chi connectivity index (χ4v) is 4.67. The minimum Gasteiger partial charge on any atom is -0.445 e. The predicted molar refractivity (Wildman–Crippen MR) is 129 cm³/mol. The average molecular weight is 448 g/mol. The van der Waals surface area contributed by atoms with E-state index < -0.39 is 18.3 Å². The molecule has 2 rings (SSSR count). The lowest BCUT2D eigenvalue weighted by Crippen LogP contribution is -2.37. The minimum absolute atomic E-state index is 0.213. The van der Waals surface area contributed by atoms with Crippen molar-refractivity contribution in [2.45, 2.75) is 116 Å². The van der Waals surface area contributed by atoms with Gasteiger partial charge in [-0.25, -0.2) is 4.79 Å². The molecule has 0 spiro atoms. The second kappa shape index (κ2) is 15.3. The Kier molecular flexibility index (Phi) is 12.7. The van der Waals surface area contributed by atoms with E-state index in [9.17, 15) is 15.0 Å². The number of likely N-dealkylation sites (tertiary alicyclic amines) is 1. The smallest absolute Gasteiger partial charge is 0.410 e. The number of carbonyl (C=O) groups excluding carboxylic acids is 1. The third kappa shape index (κ3) is 9.11. The zero-order chi connectivity index (χ0) is 23.2. The molecule has 1 heterocycles. The molecule has 4 atom stereocenters. The number of unbranched alkanes of at least 4 members (excludes halogenated alkanes) is 10. The van der Waals surface area contributed by atoms with Crippen LogP contribution < -0.4 is 0 Å². The molecule has 182 valence electrons. The van der Waals surface area contributed by atoms with Crippen molar-refractivity contribution in [3.05, 3.63) is 35.9 Å². The van der Waals surface area contributed by atoms with Crippen LogP contribution in [0.15, 0.2) is 30.3 Å². The molecule has 5 heteroatoms. The molecule has 1 aliphatic heterocycles. The van der Waals surface area contributed by atoms with Gasteiger partial charge in [-0.15, -0.1) is 0 Å². The molecule has 0 radical (unpaired) electrons. The van der Waals surface area contributed by atoms with E-state index in [1.54, 1.807) is 4.90 Å². The summed E-state index contributed by atoms with van der Waals surface area (Å²) in [6.45, 7) is 4.63. The molecule has 1 aromatic carbocycles. The first kappa shape index (κ1) is 26.7. The van der Waals surface area contributed by atoms with Crippen molar-refractivity contribution in [2.75, 3.05) is 6.54 Å². The number of hydrogen-bond acceptors (Lipinski definition) is 4. The highest BCUT2D eigenvalue weighted by molar-refractivity contribution is 5.68. The molecule has 0 unspecified atom stereocenters. The summed E-state index contributed by atoms with van der Waals surface area (Å²) in [5.74, 6) is -0.308. The van der Waals surface area contributed by atoms with Crippen molar-refractivity contribution >= 4 is 6.09 Å². The Balaban J connectivity index is 1.59. The van der Waals surface area contributed by atoms with Crippen molar-refractivity contribution in [2.24, 2.45) is 5.92 Å². The van der Waals surface area contributed by atoms with Crippen LogP contribution in [0.1, 0.15) is 96.5 Å². The second-order valence-electron chi connectivity index (χ2n) is 9.48. The van der Waals surface area contributed by atoms with Crippen LogP contribution in [0, 0.1) is 5.92 Å². The first-order valence-electron chi connectivity index (χ1n) is 12.9. The number of rotatable bonds is 15. The lowest BCUT2D eigenvalue weighted by molar-refractivity contribution is 0.0252. The van der Waals surface area contributed by atoms with E-state index in [1.807, 2.05) is 37.3 Å². The molecule has 1 aromatic rings. The van der Waals surface area contributed by atoms with Gasteiger partial charge in [-0.3, -0.25) is 0 Å². The normalized spacial score (nSPS) is 21.6. The summed E-state index contributed by atoms with van der Waals surface area (Å²) in [5, 5.41) is 21.2. The number of aliphatic hydroxyl groups excluding tert-OH is 2. The number of carbonyl (C=O) groups is 1. The van der Waals surface area contributed by atoms with Gasteiger partial charge in [-0.2, -0.15) is 0 Å². The number of nitrogens with zero attached hydrogens (tertiary/aromatic N) is 1. The maximum absolute atomic E-state index is 12.5. The summed E-state index contributed by atoms with van der Waals surface area (Å²) in [7, 11) is 0. The van der Waals surface area contributed by atoms with Crippen molar-refractivity contribution in [3.8, 4) is 0 Å². The van der Waals surface area contributed by atoms with E-state index in [-0.39, 0.29) is 18.6 Å². The SMILES string of the molecule is CCCCCCCCCCCCC[C@@H](O)[C@H]1CN(C(=O)OCc2ccccc2)[C@@H](C)[C@@H]1O. The Morgan fingerprint density at radius 3 is 2.16 bits per heavy atom. The van der Waals surface area contributed by atoms with Gasteiger partial charge in [0.05, 0.1) is 18.2 Å². The third-order valence-electron chi connectivity index (χ3n) is 6.87. The molecule has 5 nitrogen and oxygen atoms in total. The average Bonchev–Trinajstić information content (AvgIpc) is 3.11. The first-order chi connectivity index (χ1) is 15.5. The largest absolute Gasteiger partial charge is 0.445 e. The van der Waals surface area contributed by atoms with Crippen molar-refractivity contribution in [1.82, 2.24) is 4.90 Å². The van der Waals surface area contributed by atoms with E-state index in [1.165, 1.54) is 57.8 Å². The summed E-state index contributed by atoms with van der Waals surface area (Å²) in [6.07, 6.45) is 13.0. The molecule has 0 aromatic heterocycles. The Morgan fingerprint density at radius 2 is 1.56 bits per heavy atom. The van der Waals surface area contributed by atoms with Gasteiger partial charge in [-0.05, 0) is 18.9 Å². The maximum atomic E-state index is 12.5. The van der Waals surface area contributed by atoms with Crippen LogP contribution in [0.5, 0.6) is 0 Å². The van der Waals surface area contributed by atoms with Crippen LogP contribution in [0.4, 0.5) is 4.79 Å². The molecule has 1 fully saturated rings. The van der Waals surface area contributed by atoms with Crippen LogP contribution >= 0.6 is 0 Å². The number of amides is 1. The fourth-order valence-electron chi connectivity index (χ4n) is 4.67. The van der Waals surface area contributed by atoms with Gasteiger partial charge in [0, 0.05) is 12.5 Å². The van der Waals surface area contributed by atoms with Gasteiger partial charge < -0.3 is 19.8 Å². The lowest BCUT2D eigenvalue weighted by Gasteiger charge is -2.22. The van der Waals surface area contributed by atoms with E-state index in [2.05, 4.69) is 6.92 Å². The Labute approximate surface area is 195 Å². The zero-order valence-electron chi connectivity index (χ0n) is 20.3. The molecular formula is C27H45NO4. The van der Waals surface area contributed by atoms with E-state index in [0.29, 0.717) is 13.0 Å². The van der Waals surface area contributed by atoms with Gasteiger partial charge in [-0.1, -0.05) is 108 Å². The Morgan fingerprint density at radius 1 is 1.00 bits per heavy atom. The van der Waals surface area contributed by atoms with Gasteiger partial charge in [0.1, 0.15) is 6.61 Å². The van der Waals surface area contributed by atoms with Gasteiger partial charge in [0.15, 0.2) is 0 Å². The summed E-state index contributed by atoms with van der Waals surface area (Å²) >= 11 is 0. The van der Waals surface area contributed by atoms with Gasteiger partial charge >= 0.3 is 6.09 Å². The molecule has 0 saturated carbocycles. The van der Waals surface area contributed by atoms with Crippen molar-refractivity contribution in [1.29, 1.82) is 0 Å². The van der Waals surface area contributed by atoms with Crippen molar-refractivity contribution < 1.29 is 19.7 Å². The second-order valence-corrected chi connectivity index (χ2v) is 9.48. The highest BCUT2D eigenvalue weighted by Crippen LogP contribution is 2.29. The monoisotopic (exact) mass is 447 g/mol. The number of benzene rings is 1. The summed E-state index contributed by atoms with van der Waals surface area (Å²) in [4.78, 5) is 14.1. The quantitative estimate of drug-likeness (QED) is 0.320. The zero-order valence-corrected chi connectivity index (χ0v) is 20.3.